The average molecular weight is 236 g/mol. The van der Waals surface area contributed by atoms with Crippen LogP contribution in [-0.4, -0.2) is 31.6 Å². The first-order chi connectivity index (χ1) is 8.22. The molecule has 0 aromatic carbocycles. The maximum atomic E-state index is 3.23. The van der Waals surface area contributed by atoms with Crippen LogP contribution in [0.2, 0.25) is 0 Å². The maximum absolute atomic E-state index is 3.23. The molecule has 1 rings (SSSR count). The minimum atomic E-state index is 0.719. The molecule has 0 aromatic heterocycles. The summed E-state index contributed by atoms with van der Waals surface area (Å²) in [6.45, 7) is 10.2. The second-order valence-electron chi connectivity index (χ2n) is 4.87. The SMILES string of the molecule is CCN(CC)C1=CC=C(C(C)CCNC)CC1. The molecular weight excluding hydrogens is 208 g/mol. The first kappa shape index (κ1) is 14.3. The quantitative estimate of drug-likeness (QED) is 0.730. The summed E-state index contributed by atoms with van der Waals surface area (Å²) in [4.78, 5) is 2.46. The zero-order valence-electron chi connectivity index (χ0n) is 11.9. The molecule has 0 heterocycles. The predicted molar refractivity (Wildman–Crippen MR) is 76.0 cm³/mol. The van der Waals surface area contributed by atoms with Gasteiger partial charge in [0.2, 0.25) is 0 Å². The summed E-state index contributed by atoms with van der Waals surface area (Å²) < 4.78 is 0. The van der Waals surface area contributed by atoms with Gasteiger partial charge in [-0.1, -0.05) is 18.6 Å². The van der Waals surface area contributed by atoms with Gasteiger partial charge in [0.05, 0.1) is 0 Å². The first-order valence-electron chi connectivity index (χ1n) is 7.02. The van der Waals surface area contributed by atoms with E-state index in [9.17, 15) is 0 Å². The van der Waals surface area contributed by atoms with E-state index in [-0.39, 0.29) is 0 Å². The van der Waals surface area contributed by atoms with Crippen LogP contribution in [0.25, 0.3) is 0 Å². The largest absolute Gasteiger partial charge is 0.375 e. The summed E-state index contributed by atoms with van der Waals surface area (Å²) in [5.74, 6) is 0.719. The topological polar surface area (TPSA) is 15.3 Å². The number of nitrogens with zero attached hydrogens (tertiary/aromatic N) is 1. The number of hydrogen-bond donors (Lipinski definition) is 1. The number of nitrogens with one attached hydrogen (secondary N) is 1. The molecule has 1 N–H and O–H groups in total. The second kappa shape index (κ2) is 7.54. The van der Waals surface area contributed by atoms with Gasteiger partial charge in [-0.2, -0.15) is 0 Å². The summed E-state index contributed by atoms with van der Waals surface area (Å²) in [6.07, 6.45) is 8.40. The predicted octanol–water partition coefficient (Wildman–Crippen LogP) is 3.18. The highest BCUT2D eigenvalue weighted by molar-refractivity contribution is 5.24. The van der Waals surface area contributed by atoms with E-state index in [1.165, 1.54) is 25.0 Å². The van der Waals surface area contributed by atoms with E-state index in [1.54, 1.807) is 5.57 Å². The molecule has 0 aromatic rings. The highest BCUT2D eigenvalue weighted by Gasteiger charge is 2.14. The van der Waals surface area contributed by atoms with Gasteiger partial charge < -0.3 is 10.2 Å². The highest BCUT2D eigenvalue weighted by Crippen LogP contribution is 2.27. The van der Waals surface area contributed by atoms with E-state index >= 15 is 0 Å². The van der Waals surface area contributed by atoms with E-state index in [1.807, 2.05) is 7.05 Å². The molecule has 1 aliphatic rings. The lowest BCUT2D eigenvalue weighted by atomic mass is 9.89. The van der Waals surface area contributed by atoms with Crippen LogP contribution >= 0.6 is 0 Å². The van der Waals surface area contributed by atoms with Crippen molar-refractivity contribution in [2.45, 2.75) is 40.0 Å². The summed E-state index contributed by atoms with van der Waals surface area (Å²) in [6, 6.07) is 0. The van der Waals surface area contributed by atoms with Crippen LogP contribution in [0.1, 0.15) is 40.0 Å². The van der Waals surface area contributed by atoms with Crippen molar-refractivity contribution in [2.24, 2.45) is 5.92 Å². The smallest absolute Gasteiger partial charge is 0.0146 e. The number of rotatable bonds is 7. The molecule has 2 heteroatoms. The molecule has 0 fully saturated rings. The Labute approximate surface area is 107 Å². The number of allylic oxidation sites excluding steroid dienone is 4. The van der Waals surface area contributed by atoms with Crippen molar-refractivity contribution in [1.29, 1.82) is 0 Å². The highest BCUT2D eigenvalue weighted by atomic mass is 15.1. The minimum absolute atomic E-state index is 0.719. The third-order valence-corrected chi connectivity index (χ3v) is 3.79. The lowest BCUT2D eigenvalue weighted by molar-refractivity contribution is 0.364. The Kier molecular flexibility index (Phi) is 6.35. The molecule has 0 saturated heterocycles. The van der Waals surface area contributed by atoms with E-state index in [0.717, 1.165) is 25.6 Å². The molecule has 1 atom stereocenters. The molecular formula is C15H28N2. The van der Waals surface area contributed by atoms with Crippen molar-refractivity contribution in [1.82, 2.24) is 10.2 Å². The summed E-state index contributed by atoms with van der Waals surface area (Å²) in [7, 11) is 2.03. The summed E-state index contributed by atoms with van der Waals surface area (Å²) in [5, 5.41) is 3.23. The van der Waals surface area contributed by atoms with Gasteiger partial charge >= 0.3 is 0 Å². The third-order valence-electron chi connectivity index (χ3n) is 3.79. The molecule has 0 spiro atoms. The Morgan fingerprint density at radius 2 is 1.94 bits per heavy atom. The van der Waals surface area contributed by atoms with Crippen molar-refractivity contribution < 1.29 is 0 Å². The van der Waals surface area contributed by atoms with Gasteiger partial charge in [0.1, 0.15) is 0 Å². The van der Waals surface area contributed by atoms with Gasteiger partial charge in [0.25, 0.3) is 0 Å². The Hall–Kier alpha value is -0.760. The normalized spacial score (nSPS) is 17.4. The molecule has 2 nitrogen and oxygen atoms in total. The van der Waals surface area contributed by atoms with Gasteiger partial charge in [-0.15, -0.1) is 0 Å². The average Bonchev–Trinajstić information content (AvgIpc) is 2.38. The summed E-state index contributed by atoms with van der Waals surface area (Å²) >= 11 is 0. The molecule has 0 saturated carbocycles. The fourth-order valence-electron chi connectivity index (χ4n) is 2.49. The van der Waals surface area contributed by atoms with Crippen molar-refractivity contribution in [3.63, 3.8) is 0 Å². The van der Waals surface area contributed by atoms with Crippen LogP contribution in [0.5, 0.6) is 0 Å². The van der Waals surface area contributed by atoms with Crippen LogP contribution in [0.4, 0.5) is 0 Å². The molecule has 17 heavy (non-hydrogen) atoms. The zero-order valence-corrected chi connectivity index (χ0v) is 11.9. The van der Waals surface area contributed by atoms with Crippen molar-refractivity contribution in [3.05, 3.63) is 23.4 Å². The zero-order chi connectivity index (χ0) is 12.7. The van der Waals surface area contributed by atoms with Gasteiger partial charge in [-0.25, -0.2) is 0 Å². The Morgan fingerprint density at radius 3 is 2.41 bits per heavy atom. The lowest BCUT2D eigenvalue weighted by Gasteiger charge is -2.28. The van der Waals surface area contributed by atoms with Gasteiger partial charge in [0.15, 0.2) is 0 Å². The molecule has 1 aliphatic carbocycles. The molecule has 0 amide bonds. The van der Waals surface area contributed by atoms with E-state index in [2.05, 4.69) is 43.1 Å². The monoisotopic (exact) mass is 236 g/mol. The third kappa shape index (κ3) is 4.19. The Morgan fingerprint density at radius 1 is 1.24 bits per heavy atom. The van der Waals surface area contributed by atoms with E-state index < -0.39 is 0 Å². The standard InChI is InChI=1S/C15H28N2/c1-5-17(6-2)15-9-7-14(8-10-15)13(3)11-12-16-4/h7,9,13,16H,5-6,8,10-12H2,1-4H3. The van der Waals surface area contributed by atoms with Crippen molar-refractivity contribution in [3.8, 4) is 0 Å². The molecule has 1 unspecified atom stereocenters. The molecule has 98 valence electrons. The van der Waals surface area contributed by atoms with Crippen molar-refractivity contribution in [2.75, 3.05) is 26.7 Å². The first-order valence-corrected chi connectivity index (χ1v) is 7.02. The minimum Gasteiger partial charge on any atom is -0.375 e. The van der Waals surface area contributed by atoms with E-state index in [0.29, 0.717) is 0 Å². The van der Waals surface area contributed by atoms with Crippen LogP contribution in [0.15, 0.2) is 23.4 Å². The fraction of sp³-hybridized carbons (Fsp3) is 0.733. The second-order valence-corrected chi connectivity index (χ2v) is 4.87. The van der Waals surface area contributed by atoms with Crippen molar-refractivity contribution >= 4 is 0 Å². The Bertz CT molecular complexity index is 275. The summed E-state index contributed by atoms with van der Waals surface area (Å²) in [5.41, 5.74) is 3.13. The van der Waals surface area contributed by atoms with Crippen LogP contribution in [0, 0.1) is 5.92 Å². The van der Waals surface area contributed by atoms with Gasteiger partial charge in [-0.05, 0) is 58.7 Å². The lowest BCUT2D eigenvalue weighted by Crippen LogP contribution is -2.23. The number of hydrogen-bond acceptors (Lipinski definition) is 2. The maximum Gasteiger partial charge on any atom is 0.0146 e. The molecule has 0 bridgehead atoms. The van der Waals surface area contributed by atoms with Crippen LogP contribution in [-0.2, 0) is 0 Å². The van der Waals surface area contributed by atoms with Gasteiger partial charge in [0, 0.05) is 18.8 Å². The fourth-order valence-corrected chi connectivity index (χ4v) is 2.49. The van der Waals surface area contributed by atoms with E-state index in [4.69, 9.17) is 0 Å². The van der Waals surface area contributed by atoms with Crippen LogP contribution < -0.4 is 5.32 Å². The van der Waals surface area contributed by atoms with Gasteiger partial charge in [-0.3, -0.25) is 0 Å². The molecule has 0 aliphatic heterocycles. The molecule has 0 radical (unpaired) electrons. The Balaban J connectivity index is 2.57. The van der Waals surface area contributed by atoms with Crippen LogP contribution in [0.3, 0.4) is 0 Å².